The predicted octanol–water partition coefficient (Wildman–Crippen LogP) is 0.0539. The monoisotopic (exact) mass is 211 g/mol. The number of hydrogen-bond acceptors (Lipinski definition) is 3. The van der Waals surface area contributed by atoms with Gasteiger partial charge in [-0.25, -0.2) is 0 Å². The van der Waals surface area contributed by atoms with E-state index in [0.29, 0.717) is 6.54 Å². The SMILES string of the molecule is CN(C)C/C=C/C(=O)N1CCC[C@H]1CN. The molecule has 2 N–H and O–H groups in total. The second-order valence-electron chi connectivity index (χ2n) is 4.23. The zero-order chi connectivity index (χ0) is 11.3. The van der Waals surface area contributed by atoms with Crippen molar-refractivity contribution < 1.29 is 4.79 Å². The minimum absolute atomic E-state index is 0.102. The van der Waals surface area contributed by atoms with Crippen LogP contribution in [0.15, 0.2) is 12.2 Å². The highest BCUT2D eigenvalue weighted by molar-refractivity contribution is 5.88. The summed E-state index contributed by atoms with van der Waals surface area (Å²) in [7, 11) is 3.96. The van der Waals surface area contributed by atoms with E-state index in [-0.39, 0.29) is 11.9 Å². The third-order valence-electron chi connectivity index (χ3n) is 2.66. The van der Waals surface area contributed by atoms with Crippen LogP contribution in [0.4, 0.5) is 0 Å². The molecule has 4 heteroatoms. The zero-order valence-electron chi connectivity index (χ0n) is 9.65. The van der Waals surface area contributed by atoms with Gasteiger partial charge in [-0.2, -0.15) is 0 Å². The number of rotatable bonds is 4. The number of amides is 1. The van der Waals surface area contributed by atoms with Crippen molar-refractivity contribution in [3.8, 4) is 0 Å². The Morgan fingerprint density at radius 2 is 2.33 bits per heavy atom. The normalized spacial score (nSPS) is 21.9. The molecule has 1 aliphatic rings. The van der Waals surface area contributed by atoms with Crippen LogP contribution in [0.5, 0.6) is 0 Å². The summed E-state index contributed by atoms with van der Waals surface area (Å²) in [6, 6.07) is 0.251. The summed E-state index contributed by atoms with van der Waals surface area (Å²) < 4.78 is 0. The lowest BCUT2D eigenvalue weighted by Gasteiger charge is -2.21. The van der Waals surface area contributed by atoms with E-state index in [1.165, 1.54) is 0 Å². The quantitative estimate of drug-likeness (QED) is 0.669. The van der Waals surface area contributed by atoms with Crippen LogP contribution in [0.2, 0.25) is 0 Å². The summed E-state index contributed by atoms with van der Waals surface area (Å²) in [6.07, 6.45) is 5.68. The standard InChI is InChI=1S/C11H21N3O/c1-13(2)7-4-6-11(15)14-8-3-5-10(14)9-12/h4,6,10H,3,5,7-9,12H2,1-2H3/b6-4+/t10-/m0/s1. The van der Waals surface area contributed by atoms with Crippen LogP contribution in [-0.2, 0) is 4.79 Å². The van der Waals surface area contributed by atoms with Crippen LogP contribution >= 0.6 is 0 Å². The third-order valence-corrected chi connectivity index (χ3v) is 2.66. The van der Waals surface area contributed by atoms with Gasteiger partial charge in [0.05, 0.1) is 0 Å². The second-order valence-corrected chi connectivity index (χ2v) is 4.23. The summed E-state index contributed by atoms with van der Waals surface area (Å²) in [5.74, 6) is 0.102. The smallest absolute Gasteiger partial charge is 0.246 e. The Morgan fingerprint density at radius 1 is 1.60 bits per heavy atom. The van der Waals surface area contributed by atoms with E-state index in [1.807, 2.05) is 30.0 Å². The van der Waals surface area contributed by atoms with Crippen LogP contribution in [0, 0.1) is 0 Å². The van der Waals surface area contributed by atoms with Crippen molar-refractivity contribution in [2.75, 3.05) is 33.7 Å². The van der Waals surface area contributed by atoms with Gasteiger partial charge in [0.25, 0.3) is 0 Å². The van der Waals surface area contributed by atoms with Crippen LogP contribution in [0.1, 0.15) is 12.8 Å². The Kier molecular flexibility index (Phi) is 4.78. The molecule has 0 radical (unpaired) electrons. The fourth-order valence-electron chi connectivity index (χ4n) is 1.83. The molecule has 15 heavy (non-hydrogen) atoms. The predicted molar refractivity (Wildman–Crippen MR) is 61.5 cm³/mol. The van der Waals surface area contributed by atoms with Crippen molar-refractivity contribution in [3.63, 3.8) is 0 Å². The molecule has 0 saturated carbocycles. The number of hydrogen-bond donors (Lipinski definition) is 1. The molecule has 1 aliphatic heterocycles. The lowest BCUT2D eigenvalue weighted by atomic mass is 10.2. The first-order valence-corrected chi connectivity index (χ1v) is 5.47. The number of likely N-dealkylation sites (N-methyl/N-ethyl adjacent to an activating group) is 1. The molecule has 0 spiro atoms. The summed E-state index contributed by atoms with van der Waals surface area (Å²) in [4.78, 5) is 15.7. The maximum atomic E-state index is 11.8. The van der Waals surface area contributed by atoms with Gasteiger partial charge in [-0.05, 0) is 26.9 Å². The molecule has 1 saturated heterocycles. The second kappa shape index (κ2) is 5.88. The molecule has 1 heterocycles. The highest BCUT2D eigenvalue weighted by Crippen LogP contribution is 2.16. The van der Waals surface area contributed by atoms with E-state index < -0.39 is 0 Å². The van der Waals surface area contributed by atoms with Gasteiger partial charge >= 0.3 is 0 Å². The lowest BCUT2D eigenvalue weighted by molar-refractivity contribution is -0.126. The van der Waals surface area contributed by atoms with Gasteiger partial charge in [0, 0.05) is 31.8 Å². The van der Waals surface area contributed by atoms with Crippen molar-refractivity contribution in [2.24, 2.45) is 5.73 Å². The Labute approximate surface area is 91.7 Å². The fourth-order valence-corrected chi connectivity index (χ4v) is 1.83. The molecule has 0 aliphatic carbocycles. The molecule has 0 aromatic carbocycles. The summed E-state index contributed by atoms with van der Waals surface area (Å²) in [5.41, 5.74) is 5.61. The van der Waals surface area contributed by atoms with Crippen LogP contribution in [0.3, 0.4) is 0 Å². The van der Waals surface area contributed by atoms with Crippen molar-refractivity contribution in [1.29, 1.82) is 0 Å². The van der Waals surface area contributed by atoms with Gasteiger partial charge in [0.2, 0.25) is 5.91 Å². The molecule has 0 bridgehead atoms. The molecule has 0 unspecified atom stereocenters. The van der Waals surface area contributed by atoms with E-state index in [1.54, 1.807) is 6.08 Å². The molecule has 86 valence electrons. The van der Waals surface area contributed by atoms with Crippen molar-refractivity contribution in [3.05, 3.63) is 12.2 Å². The van der Waals surface area contributed by atoms with Gasteiger partial charge in [-0.3, -0.25) is 4.79 Å². The third kappa shape index (κ3) is 3.64. The van der Waals surface area contributed by atoms with Crippen molar-refractivity contribution >= 4 is 5.91 Å². The Hall–Kier alpha value is -0.870. The van der Waals surface area contributed by atoms with Crippen LogP contribution in [0.25, 0.3) is 0 Å². The average Bonchev–Trinajstić information content (AvgIpc) is 2.64. The van der Waals surface area contributed by atoms with E-state index in [0.717, 1.165) is 25.9 Å². The first-order chi connectivity index (χ1) is 7.15. The van der Waals surface area contributed by atoms with Gasteiger partial charge in [-0.1, -0.05) is 6.08 Å². The first-order valence-electron chi connectivity index (χ1n) is 5.47. The summed E-state index contributed by atoms with van der Waals surface area (Å²) in [6.45, 7) is 2.23. The molecular formula is C11H21N3O. The van der Waals surface area contributed by atoms with Crippen molar-refractivity contribution in [2.45, 2.75) is 18.9 Å². The van der Waals surface area contributed by atoms with Gasteiger partial charge in [0.15, 0.2) is 0 Å². The highest BCUT2D eigenvalue weighted by Gasteiger charge is 2.25. The highest BCUT2D eigenvalue weighted by atomic mass is 16.2. The Bertz CT molecular complexity index is 238. The van der Waals surface area contributed by atoms with Gasteiger partial charge < -0.3 is 15.5 Å². The Morgan fingerprint density at radius 3 is 2.93 bits per heavy atom. The molecule has 1 fully saturated rings. The van der Waals surface area contributed by atoms with Crippen LogP contribution < -0.4 is 5.73 Å². The summed E-state index contributed by atoms with van der Waals surface area (Å²) >= 11 is 0. The number of carbonyl (C=O) groups excluding carboxylic acids is 1. The number of likely N-dealkylation sites (tertiary alicyclic amines) is 1. The molecule has 1 atom stereocenters. The molecule has 1 amide bonds. The minimum Gasteiger partial charge on any atom is -0.335 e. The van der Waals surface area contributed by atoms with Crippen molar-refractivity contribution in [1.82, 2.24) is 9.80 Å². The van der Waals surface area contributed by atoms with E-state index in [9.17, 15) is 4.79 Å². The molecule has 4 nitrogen and oxygen atoms in total. The number of nitrogens with zero attached hydrogens (tertiary/aromatic N) is 2. The first kappa shape index (κ1) is 12.2. The lowest BCUT2D eigenvalue weighted by Crippen LogP contribution is -2.39. The largest absolute Gasteiger partial charge is 0.335 e. The molecule has 1 rings (SSSR count). The molecule has 0 aromatic heterocycles. The molecular weight excluding hydrogens is 190 g/mol. The van der Waals surface area contributed by atoms with Crippen LogP contribution in [-0.4, -0.2) is 55.5 Å². The van der Waals surface area contributed by atoms with Gasteiger partial charge in [-0.15, -0.1) is 0 Å². The van der Waals surface area contributed by atoms with E-state index >= 15 is 0 Å². The average molecular weight is 211 g/mol. The number of nitrogens with two attached hydrogens (primary N) is 1. The maximum Gasteiger partial charge on any atom is 0.246 e. The summed E-state index contributed by atoms with van der Waals surface area (Å²) in [5, 5.41) is 0. The van der Waals surface area contributed by atoms with E-state index in [2.05, 4.69) is 0 Å². The topological polar surface area (TPSA) is 49.6 Å². The maximum absolute atomic E-state index is 11.8. The fraction of sp³-hybridized carbons (Fsp3) is 0.727. The zero-order valence-corrected chi connectivity index (χ0v) is 9.65. The van der Waals surface area contributed by atoms with Gasteiger partial charge in [0.1, 0.15) is 0 Å². The minimum atomic E-state index is 0.102. The Balaban J connectivity index is 2.42. The number of carbonyl (C=O) groups is 1. The van der Waals surface area contributed by atoms with E-state index in [4.69, 9.17) is 5.73 Å². The molecule has 0 aromatic rings.